The third kappa shape index (κ3) is 3.75. The van der Waals surface area contributed by atoms with E-state index in [0.717, 1.165) is 52.2 Å². The summed E-state index contributed by atoms with van der Waals surface area (Å²) in [6, 6.07) is 0. The van der Waals surface area contributed by atoms with Crippen LogP contribution in [0.4, 0.5) is 0 Å². The lowest BCUT2D eigenvalue weighted by molar-refractivity contribution is -0.160. The van der Waals surface area contributed by atoms with Crippen LogP contribution in [0.15, 0.2) is 12.4 Å². The summed E-state index contributed by atoms with van der Waals surface area (Å²) in [5.41, 5.74) is 1.04. The molecule has 0 unspecified atom stereocenters. The van der Waals surface area contributed by atoms with Crippen molar-refractivity contribution in [3.63, 3.8) is 0 Å². The van der Waals surface area contributed by atoms with Crippen LogP contribution in [-0.4, -0.2) is 63.9 Å². The van der Waals surface area contributed by atoms with Crippen LogP contribution in [0.5, 0.6) is 0 Å². The lowest BCUT2D eigenvalue weighted by atomic mass is 9.90. The molecule has 2 aliphatic rings. The van der Waals surface area contributed by atoms with Crippen LogP contribution in [0, 0.1) is 5.92 Å². The molecule has 128 valence electrons. The molecule has 0 radical (unpaired) electrons. The summed E-state index contributed by atoms with van der Waals surface area (Å²) in [4.78, 5) is 16.8. The highest BCUT2D eigenvalue weighted by molar-refractivity contribution is 5.78. The van der Waals surface area contributed by atoms with E-state index >= 15 is 0 Å². The van der Waals surface area contributed by atoms with Crippen molar-refractivity contribution in [1.29, 1.82) is 0 Å². The molecule has 0 saturated carbocycles. The van der Waals surface area contributed by atoms with Crippen molar-refractivity contribution in [2.24, 2.45) is 13.0 Å². The van der Waals surface area contributed by atoms with Gasteiger partial charge in [-0.1, -0.05) is 13.8 Å². The SMILES string of the molecule is CC(C)C(=O)N1CCC[C@@]2(CN(Cc3cnn(C)c3)CCO2)C1. The molecule has 6 nitrogen and oxygen atoms in total. The van der Waals surface area contributed by atoms with E-state index in [2.05, 4.69) is 16.2 Å². The fourth-order valence-electron chi connectivity index (χ4n) is 3.77. The number of piperidine rings is 1. The van der Waals surface area contributed by atoms with Crippen molar-refractivity contribution < 1.29 is 9.53 Å². The summed E-state index contributed by atoms with van der Waals surface area (Å²) in [6.07, 6.45) is 6.06. The number of hydrogen-bond acceptors (Lipinski definition) is 4. The molecule has 3 rings (SSSR count). The Morgan fingerprint density at radius 3 is 2.91 bits per heavy atom. The first-order chi connectivity index (χ1) is 11.0. The van der Waals surface area contributed by atoms with Gasteiger partial charge in [-0.05, 0) is 12.8 Å². The van der Waals surface area contributed by atoms with Gasteiger partial charge in [0.1, 0.15) is 0 Å². The van der Waals surface area contributed by atoms with E-state index in [1.165, 1.54) is 5.56 Å². The Morgan fingerprint density at radius 1 is 1.39 bits per heavy atom. The van der Waals surface area contributed by atoms with Gasteiger partial charge in [-0.25, -0.2) is 0 Å². The van der Waals surface area contributed by atoms with Crippen LogP contribution < -0.4 is 0 Å². The van der Waals surface area contributed by atoms with E-state index in [9.17, 15) is 4.79 Å². The third-order valence-electron chi connectivity index (χ3n) is 4.84. The Balaban J connectivity index is 1.65. The standard InChI is InChI=1S/C17H28N4O2/c1-14(2)16(22)21-6-4-5-17(13-21)12-20(7-8-23-17)11-15-9-18-19(3)10-15/h9-10,14H,4-8,11-13H2,1-3H3/t17-/m1/s1. The molecule has 0 bridgehead atoms. The summed E-state index contributed by atoms with van der Waals surface area (Å²) < 4.78 is 8.03. The number of aromatic nitrogens is 2. The first kappa shape index (κ1) is 16.5. The van der Waals surface area contributed by atoms with Gasteiger partial charge in [0.2, 0.25) is 5.91 Å². The maximum absolute atomic E-state index is 12.3. The van der Waals surface area contributed by atoms with Gasteiger partial charge >= 0.3 is 0 Å². The molecule has 0 aliphatic carbocycles. The van der Waals surface area contributed by atoms with Crippen molar-refractivity contribution in [3.8, 4) is 0 Å². The van der Waals surface area contributed by atoms with E-state index in [1.807, 2.05) is 36.7 Å². The monoisotopic (exact) mass is 320 g/mol. The quantitative estimate of drug-likeness (QED) is 0.841. The molecule has 1 spiro atoms. The van der Waals surface area contributed by atoms with Gasteiger partial charge in [-0.15, -0.1) is 0 Å². The molecule has 1 aromatic heterocycles. The van der Waals surface area contributed by atoms with E-state index < -0.39 is 0 Å². The smallest absolute Gasteiger partial charge is 0.225 e. The fraction of sp³-hybridized carbons (Fsp3) is 0.765. The van der Waals surface area contributed by atoms with Crippen LogP contribution in [0.1, 0.15) is 32.3 Å². The van der Waals surface area contributed by atoms with Crippen LogP contribution >= 0.6 is 0 Å². The van der Waals surface area contributed by atoms with E-state index in [-0.39, 0.29) is 17.4 Å². The predicted octanol–water partition coefficient (Wildman–Crippen LogP) is 1.27. The van der Waals surface area contributed by atoms with Crippen LogP contribution in [0.3, 0.4) is 0 Å². The van der Waals surface area contributed by atoms with Gasteiger partial charge in [-0.2, -0.15) is 5.10 Å². The predicted molar refractivity (Wildman–Crippen MR) is 87.8 cm³/mol. The average Bonchev–Trinajstić information content (AvgIpc) is 2.91. The minimum absolute atomic E-state index is 0.0558. The Morgan fingerprint density at radius 2 is 2.22 bits per heavy atom. The second-order valence-electron chi connectivity index (χ2n) is 7.28. The molecule has 0 N–H and O–H groups in total. The second kappa shape index (κ2) is 6.61. The topological polar surface area (TPSA) is 50.6 Å². The zero-order valence-electron chi connectivity index (χ0n) is 14.5. The molecule has 2 saturated heterocycles. The Labute approximate surface area is 138 Å². The molecular formula is C17H28N4O2. The van der Waals surface area contributed by atoms with Crippen LogP contribution in [0.25, 0.3) is 0 Å². The number of carbonyl (C=O) groups excluding carboxylic acids is 1. The summed E-state index contributed by atoms with van der Waals surface area (Å²) in [6.45, 7) is 9.01. The Hall–Kier alpha value is -1.40. The molecule has 1 aromatic rings. The molecular weight excluding hydrogens is 292 g/mol. The summed E-state index contributed by atoms with van der Waals surface area (Å²) >= 11 is 0. The lowest BCUT2D eigenvalue weighted by Crippen LogP contribution is -2.60. The molecule has 2 fully saturated rings. The Kier molecular flexibility index (Phi) is 4.73. The number of ether oxygens (including phenoxy) is 1. The summed E-state index contributed by atoms with van der Waals surface area (Å²) in [7, 11) is 1.95. The Bertz CT molecular complexity index is 553. The largest absolute Gasteiger partial charge is 0.370 e. The molecule has 2 aliphatic heterocycles. The van der Waals surface area contributed by atoms with Gasteiger partial charge in [0.15, 0.2) is 0 Å². The number of likely N-dealkylation sites (tertiary alicyclic amines) is 1. The van der Waals surface area contributed by atoms with Crippen molar-refractivity contribution in [1.82, 2.24) is 19.6 Å². The second-order valence-corrected chi connectivity index (χ2v) is 7.28. The van der Waals surface area contributed by atoms with Crippen LogP contribution in [0.2, 0.25) is 0 Å². The number of amides is 1. The van der Waals surface area contributed by atoms with Crippen LogP contribution in [-0.2, 0) is 23.1 Å². The molecule has 1 amide bonds. The number of rotatable bonds is 3. The van der Waals surface area contributed by atoms with Gasteiger partial charge in [0, 0.05) is 50.9 Å². The number of carbonyl (C=O) groups is 1. The average molecular weight is 320 g/mol. The lowest BCUT2D eigenvalue weighted by Gasteiger charge is -2.48. The summed E-state index contributed by atoms with van der Waals surface area (Å²) in [5, 5.41) is 4.25. The first-order valence-electron chi connectivity index (χ1n) is 8.60. The van der Waals surface area contributed by atoms with Crippen molar-refractivity contribution in [2.45, 2.75) is 38.8 Å². The molecule has 3 heterocycles. The zero-order valence-corrected chi connectivity index (χ0v) is 14.5. The van der Waals surface area contributed by atoms with Crippen molar-refractivity contribution >= 4 is 5.91 Å². The first-order valence-corrected chi connectivity index (χ1v) is 8.60. The number of morpholine rings is 1. The van der Waals surface area contributed by atoms with E-state index in [4.69, 9.17) is 4.74 Å². The molecule has 1 atom stereocenters. The van der Waals surface area contributed by atoms with Gasteiger partial charge in [0.05, 0.1) is 24.9 Å². The van der Waals surface area contributed by atoms with E-state index in [0.29, 0.717) is 0 Å². The summed E-state index contributed by atoms with van der Waals surface area (Å²) in [5.74, 6) is 0.303. The highest BCUT2D eigenvalue weighted by atomic mass is 16.5. The molecule has 6 heteroatoms. The van der Waals surface area contributed by atoms with Gasteiger partial charge in [0.25, 0.3) is 0 Å². The van der Waals surface area contributed by atoms with Gasteiger partial charge < -0.3 is 9.64 Å². The highest BCUT2D eigenvalue weighted by Crippen LogP contribution is 2.30. The maximum Gasteiger partial charge on any atom is 0.225 e. The number of nitrogens with zero attached hydrogens (tertiary/aromatic N) is 4. The maximum atomic E-state index is 12.3. The molecule has 23 heavy (non-hydrogen) atoms. The van der Waals surface area contributed by atoms with E-state index in [1.54, 1.807) is 0 Å². The van der Waals surface area contributed by atoms with Crippen molar-refractivity contribution in [2.75, 3.05) is 32.8 Å². The fourth-order valence-corrected chi connectivity index (χ4v) is 3.77. The van der Waals surface area contributed by atoms with Crippen molar-refractivity contribution in [3.05, 3.63) is 18.0 Å². The zero-order chi connectivity index (χ0) is 16.4. The number of aryl methyl sites for hydroxylation is 1. The number of hydrogen-bond donors (Lipinski definition) is 0. The highest BCUT2D eigenvalue weighted by Gasteiger charge is 2.41. The molecule has 0 aromatic carbocycles. The normalized spacial score (nSPS) is 26.2. The van der Waals surface area contributed by atoms with Gasteiger partial charge in [-0.3, -0.25) is 14.4 Å². The third-order valence-corrected chi connectivity index (χ3v) is 4.84. The minimum Gasteiger partial charge on any atom is -0.370 e. The minimum atomic E-state index is -0.191.